The van der Waals surface area contributed by atoms with E-state index in [1.165, 1.54) is 0 Å². The summed E-state index contributed by atoms with van der Waals surface area (Å²) >= 11 is 0. The molecular formula is C23H30N4O4. The summed E-state index contributed by atoms with van der Waals surface area (Å²) < 4.78 is 5.52. The van der Waals surface area contributed by atoms with Gasteiger partial charge in [0.1, 0.15) is 18.1 Å². The molecule has 2 saturated heterocycles. The fraction of sp³-hybridized carbons (Fsp3) is 0.478. The van der Waals surface area contributed by atoms with Crippen LogP contribution in [0.15, 0.2) is 46.9 Å². The molecule has 2 aliphatic rings. The predicted octanol–water partition coefficient (Wildman–Crippen LogP) is 0.899. The molecule has 2 fully saturated rings. The molecule has 0 radical (unpaired) electrons. The minimum atomic E-state index is -0.159. The van der Waals surface area contributed by atoms with Crippen LogP contribution in [0, 0.1) is 0 Å². The standard InChI is InChI=1S/C23H30N4O4/c28-15-20-8-7-19(31-20)13-24-17-10-21-23(30)26-12-18(27(21)14-17)6-9-22(29)25-11-16-4-2-1-3-5-16/h1-5,7-8,17-18,21,24,28H,6,9-15H2,(H,25,29)(H,26,30)/t17-,18-,21+/m0/s1. The van der Waals surface area contributed by atoms with Crippen molar-refractivity contribution in [3.8, 4) is 0 Å². The molecule has 8 nitrogen and oxygen atoms in total. The summed E-state index contributed by atoms with van der Waals surface area (Å²) in [5.41, 5.74) is 1.08. The number of hydrogen-bond acceptors (Lipinski definition) is 6. The van der Waals surface area contributed by atoms with E-state index in [9.17, 15) is 9.59 Å². The first-order valence-corrected chi connectivity index (χ1v) is 10.9. The van der Waals surface area contributed by atoms with Gasteiger partial charge in [-0.2, -0.15) is 0 Å². The lowest BCUT2D eigenvalue weighted by molar-refractivity contribution is -0.129. The smallest absolute Gasteiger partial charge is 0.237 e. The van der Waals surface area contributed by atoms with E-state index in [1.807, 2.05) is 36.4 Å². The number of amides is 2. The Kier molecular flexibility index (Phi) is 7.01. The molecule has 8 heteroatoms. The highest BCUT2D eigenvalue weighted by Crippen LogP contribution is 2.26. The number of nitrogens with zero attached hydrogens (tertiary/aromatic N) is 1. The van der Waals surface area contributed by atoms with Crippen LogP contribution >= 0.6 is 0 Å². The molecule has 166 valence electrons. The van der Waals surface area contributed by atoms with Gasteiger partial charge >= 0.3 is 0 Å². The maximum absolute atomic E-state index is 12.4. The molecule has 2 aliphatic heterocycles. The SMILES string of the molecule is O=C(CC[C@H]1CNC(=O)[C@H]2C[C@H](NCc3ccc(CO)o3)CN12)NCc1ccccc1. The van der Waals surface area contributed by atoms with E-state index in [2.05, 4.69) is 20.9 Å². The summed E-state index contributed by atoms with van der Waals surface area (Å²) in [7, 11) is 0. The predicted molar refractivity (Wildman–Crippen MR) is 115 cm³/mol. The molecule has 0 bridgehead atoms. The number of rotatable bonds is 9. The van der Waals surface area contributed by atoms with Crippen LogP contribution in [0.3, 0.4) is 0 Å². The summed E-state index contributed by atoms with van der Waals surface area (Å²) in [6, 6.07) is 13.6. The number of piperazine rings is 1. The average Bonchev–Trinajstić information content (AvgIpc) is 3.44. The monoisotopic (exact) mass is 426 g/mol. The van der Waals surface area contributed by atoms with Crippen LogP contribution in [0.25, 0.3) is 0 Å². The number of aliphatic hydroxyl groups excluding tert-OH is 1. The van der Waals surface area contributed by atoms with Crippen LogP contribution < -0.4 is 16.0 Å². The molecule has 31 heavy (non-hydrogen) atoms. The van der Waals surface area contributed by atoms with Crippen LogP contribution in [0.1, 0.15) is 36.3 Å². The van der Waals surface area contributed by atoms with Crippen molar-refractivity contribution < 1.29 is 19.1 Å². The first-order valence-electron chi connectivity index (χ1n) is 10.9. The molecule has 0 saturated carbocycles. The molecule has 4 N–H and O–H groups in total. The second kappa shape index (κ2) is 10.1. The Morgan fingerprint density at radius 3 is 2.74 bits per heavy atom. The van der Waals surface area contributed by atoms with Crippen molar-refractivity contribution in [3.05, 3.63) is 59.5 Å². The van der Waals surface area contributed by atoms with Gasteiger partial charge < -0.3 is 25.5 Å². The van der Waals surface area contributed by atoms with Crippen molar-refractivity contribution in [2.24, 2.45) is 0 Å². The number of carbonyl (C=O) groups excluding carboxylic acids is 2. The summed E-state index contributed by atoms with van der Waals surface area (Å²) in [6.45, 7) is 2.32. The number of hydrogen-bond donors (Lipinski definition) is 4. The molecule has 3 atom stereocenters. The minimum absolute atomic E-state index is 0.0312. The Hall–Kier alpha value is -2.68. The first kappa shape index (κ1) is 21.5. The lowest BCUT2D eigenvalue weighted by Gasteiger charge is -2.37. The number of fused-ring (bicyclic) bond motifs is 1. The van der Waals surface area contributed by atoms with Crippen molar-refractivity contribution in [2.45, 2.75) is 57.1 Å². The van der Waals surface area contributed by atoms with Crippen molar-refractivity contribution in [3.63, 3.8) is 0 Å². The topological polar surface area (TPSA) is 107 Å². The van der Waals surface area contributed by atoms with Crippen molar-refractivity contribution in [2.75, 3.05) is 13.1 Å². The Morgan fingerprint density at radius 2 is 1.97 bits per heavy atom. The van der Waals surface area contributed by atoms with Gasteiger partial charge in [-0.05, 0) is 30.5 Å². The highest BCUT2D eigenvalue weighted by molar-refractivity contribution is 5.83. The number of nitrogens with one attached hydrogen (secondary N) is 3. The third-order valence-corrected chi connectivity index (χ3v) is 6.10. The van der Waals surface area contributed by atoms with Gasteiger partial charge in [0, 0.05) is 38.1 Å². The Labute approximate surface area is 182 Å². The molecule has 3 heterocycles. The maximum atomic E-state index is 12.4. The van der Waals surface area contributed by atoms with E-state index in [0.717, 1.165) is 24.3 Å². The Balaban J connectivity index is 1.25. The highest BCUT2D eigenvalue weighted by Gasteiger charge is 2.43. The zero-order valence-corrected chi connectivity index (χ0v) is 17.5. The second-order valence-electron chi connectivity index (χ2n) is 8.25. The molecule has 2 amide bonds. The molecule has 0 aliphatic carbocycles. The fourth-order valence-corrected chi connectivity index (χ4v) is 4.42. The quantitative estimate of drug-likeness (QED) is 0.475. The summed E-state index contributed by atoms with van der Waals surface area (Å²) in [4.78, 5) is 26.9. The lowest BCUT2D eigenvalue weighted by Crippen LogP contribution is -2.58. The van der Waals surface area contributed by atoms with Gasteiger partial charge in [0.25, 0.3) is 0 Å². The van der Waals surface area contributed by atoms with Crippen molar-refractivity contribution >= 4 is 11.8 Å². The van der Waals surface area contributed by atoms with Gasteiger partial charge in [-0.25, -0.2) is 0 Å². The largest absolute Gasteiger partial charge is 0.462 e. The van der Waals surface area contributed by atoms with E-state index >= 15 is 0 Å². The van der Waals surface area contributed by atoms with Gasteiger partial charge in [-0.3, -0.25) is 14.5 Å². The van der Waals surface area contributed by atoms with E-state index in [4.69, 9.17) is 9.52 Å². The summed E-state index contributed by atoms with van der Waals surface area (Å²) in [6.07, 6.45) is 1.88. The van der Waals surface area contributed by atoms with Crippen LogP contribution in [-0.4, -0.2) is 53.0 Å². The van der Waals surface area contributed by atoms with Crippen LogP contribution in [-0.2, 0) is 29.3 Å². The fourth-order valence-electron chi connectivity index (χ4n) is 4.42. The zero-order valence-electron chi connectivity index (χ0n) is 17.5. The highest BCUT2D eigenvalue weighted by atomic mass is 16.4. The number of aliphatic hydroxyl groups is 1. The van der Waals surface area contributed by atoms with Crippen molar-refractivity contribution in [1.82, 2.24) is 20.9 Å². The third-order valence-electron chi connectivity index (χ3n) is 6.10. The van der Waals surface area contributed by atoms with Gasteiger partial charge in [-0.15, -0.1) is 0 Å². The van der Waals surface area contributed by atoms with Crippen LogP contribution in [0.4, 0.5) is 0 Å². The molecule has 2 aromatic rings. The molecule has 4 rings (SSSR count). The lowest BCUT2D eigenvalue weighted by atomic mass is 10.0. The van der Waals surface area contributed by atoms with E-state index in [1.54, 1.807) is 6.07 Å². The van der Waals surface area contributed by atoms with E-state index < -0.39 is 0 Å². The average molecular weight is 427 g/mol. The Bertz CT molecular complexity index is 885. The molecule has 0 spiro atoms. The van der Waals surface area contributed by atoms with Gasteiger partial charge in [0.05, 0.1) is 12.6 Å². The van der Waals surface area contributed by atoms with Gasteiger partial charge in [0.15, 0.2) is 0 Å². The normalized spacial score (nSPS) is 23.4. The molecule has 0 unspecified atom stereocenters. The second-order valence-corrected chi connectivity index (χ2v) is 8.25. The summed E-state index contributed by atoms with van der Waals surface area (Å²) in [5.74, 6) is 1.41. The van der Waals surface area contributed by atoms with E-state index in [0.29, 0.717) is 38.2 Å². The molecule has 1 aromatic carbocycles. The minimum Gasteiger partial charge on any atom is -0.462 e. The van der Waals surface area contributed by atoms with Crippen molar-refractivity contribution in [1.29, 1.82) is 0 Å². The van der Waals surface area contributed by atoms with E-state index in [-0.39, 0.29) is 36.5 Å². The number of benzene rings is 1. The van der Waals surface area contributed by atoms with Gasteiger partial charge in [0.2, 0.25) is 11.8 Å². The number of carbonyl (C=O) groups is 2. The Morgan fingerprint density at radius 1 is 1.16 bits per heavy atom. The first-order chi connectivity index (χ1) is 15.1. The molecule has 1 aromatic heterocycles. The zero-order chi connectivity index (χ0) is 21.6. The number of furan rings is 1. The summed E-state index contributed by atoms with van der Waals surface area (Å²) in [5, 5.41) is 18.6. The van der Waals surface area contributed by atoms with Gasteiger partial charge in [-0.1, -0.05) is 30.3 Å². The van der Waals surface area contributed by atoms with Crippen LogP contribution in [0.5, 0.6) is 0 Å². The van der Waals surface area contributed by atoms with Crippen LogP contribution in [0.2, 0.25) is 0 Å². The maximum Gasteiger partial charge on any atom is 0.237 e. The third kappa shape index (κ3) is 5.52. The molecular weight excluding hydrogens is 396 g/mol.